The van der Waals surface area contributed by atoms with Crippen LogP contribution in [-0.4, -0.2) is 24.4 Å². The molecular weight excluding hydrogens is 431 g/mol. The summed E-state index contributed by atoms with van der Waals surface area (Å²) in [6, 6.07) is 18.2. The Hall–Kier alpha value is -3.71. The summed E-state index contributed by atoms with van der Waals surface area (Å²) in [5.41, 5.74) is 2.07. The summed E-state index contributed by atoms with van der Waals surface area (Å²) >= 11 is 0. The SMILES string of the molecule is COC(=O)C=Cc1ccc(OC2=C(c3ccc(F)cc3)S(=O)c3cc(OC)ccc32)cc1. The zero-order chi connectivity index (χ0) is 22.7. The van der Waals surface area contributed by atoms with Gasteiger partial charge in [0.15, 0.2) is 5.76 Å². The molecule has 1 atom stereocenters. The Labute approximate surface area is 187 Å². The van der Waals surface area contributed by atoms with Crippen molar-refractivity contribution < 1.29 is 27.6 Å². The lowest BCUT2D eigenvalue weighted by Crippen LogP contribution is -1.97. The van der Waals surface area contributed by atoms with Gasteiger partial charge in [0.1, 0.15) is 17.3 Å². The van der Waals surface area contributed by atoms with E-state index < -0.39 is 16.8 Å². The Morgan fingerprint density at radius 3 is 2.28 bits per heavy atom. The summed E-state index contributed by atoms with van der Waals surface area (Å²) in [7, 11) is 1.32. The first-order chi connectivity index (χ1) is 15.5. The van der Waals surface area contributed by atoms with Gasteiger partial charge >= 0.3 is 5.97 Å². The van der Waals surface area contributed by atoms with E-state index in [1.54, 1.807) is 67.8 Å². The number of hydrogen-bond donors (Lipinski definition) is 0. The van der Waals surface area contributed by atoms with Crippen molar-refractivity contribution in [3.8, 4) is 11.5 Å². The first kappa shape index (κ1) is 21.5. The van der Waals surface area contributed by atoms with Crippen LogP contribution in [0, 0.1) is 5.82 Å². The highest BCUT2D eigenvalue weighted by Gasteiger charge is 2.32. The van der Waals surface area contributed by atoms with Crippen LogP contribution in [0.25, 0.3) is 16.7 Å². The quantitative estimate of drug-likeness (QED) is 0.389. The molecule has 4 rings (SSSR count). The summed E-state index contributed by atoms with van der Waals surface area (Å²) in [5.74, 6) is 0.717. The third-order valence-electron chi connectivity index (χ3n) is 4.84. The molecule has 5 nitrogen and oxygen atoms in total. The maximum atomic E-state index is 13.5. The number of halogens is 1. The van der Waals surface area contributed by atoms with Gasteiger partial charge in [-0.05, 0) is 59.7 Å². The molecule has 3 aromatic carbocycles. The number of ether oxygens (including phenoxy) is 3. The van der Waals surface area contributed by atoms with Gasteiger partial charge in [0.2, 0.25) is 0 Å². The Bertz CT molecular complexity index is 1240. The summed E-state index contributed by atoms with van der Waals surface area (Å²) < 4.78 is 42.9. The number of hydrogen-bond acceptors (Lipinski definition) is 5. The molecule has 0 bridgehead atoms. The fraction of sp³-hybridized carbons (Fsp3) is 0.0800. The maximum Gasteiger partial charge on any atom is 0.330 e. The predicted octanol–water partition coefficient (Wildman–Crippen LogP) is 5.05. The lowest BCUT2D eigenvalue weighted by Gasteiger charge is -2.11. The second kappa shape index (κ2) is 9.20. The van der Waals surface area contributed by atoms with E-state index in [4.69, 9.17) is 9.47 Å². The van der Waals surface area contributed by atoms with Crippen LogP contribution in [0.3, 0.4) is 0 Å². The summed E-state index contributed by atoms with van der Waals surface area (Å²) in [6.07, 6.45) is 2.96. The molecule has 0 saturated heterocycles. The zero-order valence-corrected chi connectivity index (χ0v) is 18.1. The van der Waals surface area contributed by atoms with Gasteiger partial charge in [0, 0.05) is 11.6 Å². The molecule has 0 amide bonds. The first-order valence-corrected chi connectivity index (χ1v) is 10.8. The molecule has 32 heavy (non-hydrogen) atoms. The van der Waals surface area contributed by atoms with E-state index in [-0.39, 0.29) is 5.82 Å². The molecule has 0 radical (unpaired) electrons. The van der Waals surface area contributed by atoms with Gasteiger partial charge in [-0.2, -0.15) is 0 Å². The Balaban J connectivity index is 1.73. The molecule has 1 aliphatic rings. The fourth-order valence-corrected chi connectivity index (χ4v) is 4.70. The van der Waals surface area contributed by atoms with Crippen LogP contribution < -0.4 is 9.47 Å². The molecule has 7 heteroatoms. The normalized spacial score (nSPS) is 15.0. The Morgan fingerprint density at radius 2 is 1.62 bits per heavy atom. The van der Waals surface area contributed by atoms with E-state index in [1.807, 2.05) is 0 Å². The second-order valence-electron chi connectivity index (χ2n) is 6.82. The zero-order valence-electron chi connectivity index (χ0n) is 17.3. The van der Waals surface area contributed by atoms with Crippen molar-refractivity contribution in [3.05, 3.63) is 95.3 Å². The lowest BCUT2D eigenvalue weighted by atomic mass is 10.1. The van der Waals surface area contributed by atoms with Crippen LogP contribution >= 0.6 is 0 Å². The van der Waals surface area contributed by atoms with E-state index in [2.05, 4.69) is 4.74 Å². The summed E-state index contributed by atoms with van der Waals surface area (Å²) in [4.78, 5) is 12.3. The van der Waals surface area contributed by atoms with Crippen LogP contribution in [0.4, 0.5) is 4.39 Å². The molecule has 0 fully saturated rings. The van der Waals surface area contributed by atoms with Gasteiger partial charge in [-0.25, -0.2) is 13.4 Å². The molecule has 0 saturated carbocycles. The number of benzene rings is 3. The second-order valence-corrected chi connectivity index (χ2v) is 8.21. The molecule has 1 aliphatic heterocycles. The van der Waals surface area contributed by atoms with Crippen molar-refractivity contribution in [3.63, 3.8) is 0 Å². The molecule has 162 valence electrons. The van der Waals surface area contributed by atoms with Gasteiger partial charge in [-0.15, -0.1) is 0 Å². The van der Waals surface area contributed by atoms with Gasteiger partial charge in [0.25, 0.3) is 0 Å². The van der Waals surface area contributed by atoms with Crippen LogP contribution in [-0.2, 0) is 20.3 Å². The number of rotatable bonds is 6. The predicted molar refractivity (Wildman–Crippen MR) is 121 cm³/mol. The van der Waals surface area contributed by atoms with Crippen molar-refractivity contribution >= 4 is 33.5 Å². The average molecular weight is 450 g/mol. The highest BCUT2D eigenvalue weighted by atomic mass is 32.2. The number of carbonyl (C=O) groups excluding carboxylic acids is 1. The highest BCUT2D eigenvalue weighted by molar-refractivity contribution is 7.95. The number of fused-ring (bicyclic) bond motifs is 1. The minimum Gasteiger partial charge on any atom is -0.497 e. The third-order valence-corrected chi connectivity index (χ3v) is 6.37. The number of carbonyl (C=O) groups is 1. The topological polar surface area (TPSA) is 61.8 Å². The van der Waals surface area contributed by atoms with Gasteiger partial charge in [0.05, 0.1) is 34.8 Å². The smallest absolute Gasteiger partial charge is 0.330 e. The Kier molecular flexibility index (Phi) is 6.18. The largest absolute Gasteiger partial charge is 0.497 e. The van der Waals surface area contributed by atoms with E-state index in [0.29, 0.717) is 38.2 Å². The summed E-state index contributed by atoms with van der Waals surface area (Å²) in [5, 5.41) is 0. The molecule has 0 N–H and O–H groups in total. The first-order valence-electron chi connectivity index (χ1n) is 9.64. The number of esters is 1. The van der Waals surface area contributed by atoms with Gasteiger partial charge < -0.3 is 14.2 Å². The van der Waals surface area contributed by atoms with Crippen LogP contribution in [0.5, 0.6) is 11.5 Å². The third kappa shape index (κ3) is 4.33. The van der Waals surface area contributed by atoms with E-state index in [1.165, 1.54) is 25.3 Å². The van der Waals surface area contributed by atoms with Gasteiger partial charge in [-0.1, -0.05) is 24.3 Å². The average Bonchev–Trinajstić information content (AvgIpc) is 3.09. The van der Waals surface area contributed by atoms with Crippen molar-refractivity contribution in [1.82, 2.24) is 0 Å². The highest BCUT2D eigenvalue weighted by Crippen LogP contribution is 2.44. The molecular formula is C25H19FO5S. The lowest BCUT2D eigenvalue weighted by molar-refractivity contribution is -0.134. The fourth-order valence-electron chi connectivity index (χ4n) is 3.22. The van der Waals surface area contributed by atoms with Crippen molar-refractivity contribution in [1.29, 1.82) is 0 Å². The van der Waals surface area contributed by atoms with E-state index in [9.17, 15) is 13.4 Å². The van der Waals surface area contributed by atoms with Crippen LogP contribution in [0.15, 0.2) is 77.7 Å². The molecule has 0 spiro atoms. The molecule has 0 aliphatic carbocycles. The molecule has 1 unspecified atom stereocenters. The molecule has 1 heterocycles. The summed E-state index contributed by atoms with van der Waals surface area (Å²) in [6.45, 7) is 0. The van der Waals surface area contributed by atoms with Gasteiger partial charge in [-0.3, -0.25) is 0 Å². The molecule has 0 aromatic heterocycles. The van der Waals surface area contributed by atoms with Crippen LogP contribution in [0.1, 0.15) is 16.7 Å². The minimum absolute atomic E-state index is 0.379. The van der Waals surface area contributed by atoms with E-state index in [0.717, 1.165) is 5.56 Å². The van der Waals surface area contributed by atoms with E-state index >= 15 is 0 Å². The minimum atomic E-state index is -1.53. The maximum absolute atomic E-state index is 13.5. The van der Waals surface area contributed by atoms with Crippen molar-refractivity contribution in [2.45, 2.75) is 4.90 Å². The van der Waals surface area contributed by atoms with Crippen molar-refractivity contribution in [2.75, 3.05) is 14.2 Å². The monoisotopic (exact) mass is 450 g/mol. The van der Waals surface area contributed by atoms with Crippen molar-refractivity contribution in [2.24, 2.45) is 0 Å². The Morgan fingerprint density at radius 1 is 0.938 bits per heavy atom. The molecule has 3 aromatic rings. The standard InChI is InChI=1S/C25H19FO5S/c1-29-20-12-13-21-22(15-20)32(28)25(17-6-8-18(26)9-7-17)24(21)31-19-10-3-16(4-11-19)5-14-23(27)30-2/h3-15H,1-2H3. The number of methoxy groups -OCH3 is 2. The van der Waals surface area contributed by atoms with Crippen LogP contribution in [0.2, 0.25) is 0 Å².